The van der Waals surface area contributed by atoms with Gasteiger partial charge < -0.3 is 4.55 Å². The Hall–Kier alpha value is -1.15. The van der Waals surface area contributed by atoms with Gasteiger partial charge in [0.1, 0.15) is 7.05 Å². The van der Waals surface area contributed by atoms with Crippen LogP contribution in [-0.2, 0) is 17.2 Å². The van der Waals surface area contributed by atoms with Gasteiger partial charge in [0, 0.05) is 12.1 Å². The molecule has 1 aromatic rings. The van der Waals surface area contributed by atoms with Crippen LogP contribution >= 0.6 is 0 Å². The zero-order chi connectivity index (χ0) is 12.1. The van der Waals surface area contributed by atoms with Gasteiger partial charge in [0.15, 0.2) is 22.5 Å². The standard InChI is InChI=1S/C6H8N.CHF3O3S/c1-7-5-3-2-4-6-7;2-1(3,4)8(5,6)7/h2-6H,1H3;(H,5,6,7)/q+1;/p-1. The summed E-state index contributed by atoms with van der Waals surface area (Å²) in [6, 6.07) is 6.00. The first-order chi connectivity index (χ1) is 6.64. The van der Waals surface area contributed by atoms with Crippen molar-refractivity contribution in [2.24, 2.45) is 7.05 Å². The van der Waals surface area contributed by atoms with E-state index in [1.165, 1.54) is 0 Å². The molecule has 1 rings (SSSR count). The average Bonchev–Trinajstić information content (AvgIpc) is 2.02. The lowest BCUT2D eigenvalue weighted by Gasteiger charge is -2.08. The highest BCUT2D eigenvalue weighted by atomic mass is 32.2. The van der Waals surface area contributed by atoms with Gasteiger partial charge in [-0.1, -0.05) is 6.07 Å². The fraction of sp³-hybridized carbons (Fsp3) is 0.286. The molecule has 0 saturated heterocycles. The van der Waals surface area contributed by atoms with Gasteiger partial charge in [0.05, 0.1) is 0 Å². The van der Waals surface area contributed by atoms with Crippen molar-refractivity contribution in [3.05, 3.63) is 30.6 Å². The summed E-state index contributed by atoms with van der Waals surface area (Å²) in [5.41, 5.74) is -5.65. The van der Waals surface area contributed by atoms with Crippen LogP contribution in [0.5, 0.6) is 0 Å². The van der Waals surface area contributed by atoms with E-state index in [1.54, 1.807) is 0 Å². The van der Waals surface area contributed by atoms with Crippen LogP contribution in [0.15, 0.2) is 30.6 Å². The van der Waals surface area contributed by atoms with E-state index in [4.69, 9.17) is 13.0 Å². The summed E-state index contributed by atoms with van der Waals surface area (Å²) < 4.78 is 60.9. The molecule has 1 heterocycles. The molecule has 0 unspecified atom stereocenters. The van der Waals surface area contributed by atoms with Crippen LogP contribution in [0.1, 0.15) is 0 Å². The fourth-order valence-corrected chi connectivity index (χ4v) is 0.485. The molecule has 0 aliphatic carbocycles. The first kappa shape index (κ1) is 13.8. The SMILES string of the molecule is C[n+]1ccccc1.O=S(=O)([O-])C(F)(F)F. The molecule has 0 radical (unpaired) electrons. The number of aromatic nitrogens is 1. The van der Waals surface area contributed by atoms with Gasteiger partial charge in [-0.15, -0.1) is 0 Å². The molecule has 0 aliphatic heterocycles. The van der Waals surface area contributed by atoms with Gasteiger partial charge in [0.25, 0.3) is 0 Å². The molecule has 86 valence electrons. The molecule has 1 aromatic heterocycles. The molecule has 0 N–H and O–H groups in total. The van der Waals surface area contributed by atoms with E-state index in [0.29, 0.717) is 0 Å². The van der Waals surface area contributed by atoms with Crippen LogP contribution in [0, 0.1) is 0 Å². The summed E-state index contributed by atoms with van der Waals surface area (Å²) in [5.74, 6) is 0. The number of nitrogens with zero attached hydrogens (tertiary/aromatic N) is 1. The van der Waals surface area contributed by atoms with E-state index in [2.05, 4.69) is 0 Å². The van der Waals surface area contributed by atoms with E-state index < -0.39 is 15.6 Å². The predicted octanol–water partition coefficient (Wildman–Crippen LogP) is 0.563. The van der Waals surface area contributed by atoms with Crippen LogP contribution in [0.3, 0.4) is 0 Å². The molecule has 0 atom stereocenters. The van der Waals surface area contributed by atoms with Gasteiger partial charge >= 0.3 is 5.51 Å². The van der Waals surface area contributed by atoms with Crippen LogP contribution in [0.4, 0.5) is 13.2 Å². The minimum absolute atomic E-state index is 2.00. The number of hydrogen-bond acceptors (Lipinski definition) is 3. The normalized spacial score (nSPS) is 11.5. The lowest BCUT2D eigenvalue weighted by Crippen LogP contribution is -2.25. The summed E-state index contributed by atoms with van der Waals surface area (Å²) in [5, 5.41) is 0. The summed E-state index contributed by atoms with van der Waals surface area (Å²) in [6.07, 6.45) is 4.00. The van der Waals surface area contributed by atoms with Crippen molar-refractivity contribution in [3.63, 3.8) is 0 Å². The molecule has 0 amide bonds. The van der Waals surface area contributed by atoms with Crippen LogP contribution in [-0.4, -0.2) is 18.5 Å². The number of halogens is 3. The smallest absolute Gasteiger partial charge is 0.485 e. The van der Waals surface area contributed by atoms with Gasteiger partial charge in [-0.2, -0.15) is 13.2 Å². The monoisotopic (exact) mass is 243 g/mol. The lowest BCUT2D eigenvalue weighted by molar-refractivity contribution is -0.671. The van der Waals surface area contributed by atoms with E-state index in [-0.39, 0.29) is 0 Å². The number of hydrogen-bond donors (Lipinski definition) is 0. The number of alkyl halides is 3. The van der Waals surface area contributed by atoms with Gasteiger partial charge in [-0.25, -0.2) is 13.0 Å². The predicted molar refractivity (Wildman–Crippen MR) is 43.4 cm³/mol. The first-order valence-electron chi connectivity index (χ1n) is 3.57. The third-order valence-corrected chi connectivity index (χ3v) is 1.72. The van der Waals surface area contributed by atoms with E-state index in [0.717, 1.165) is 0 Å². The van der Waals surface area contributed by atoms with Gasteiger partial charge in [-0.3, -0.25) is 0 Å². The maximum Gasteiger partial charge on any atom is 0.485 e. The molecule has 0 fully saturated rings. The van der Waals surface area contributed by atoms with Crippen LogP contribution in [0.2, 0.25) is 0 Å². The third kappa shape index (κ3) is 6.02. The molecule has 0 bridgehead atoms. The summed E-state index contributed by atoms with van der Waals surface area (Å²) >= 11 is 0. The molecule has 0 spiro atoms. The second kappa shape index (κ2) is 5.08. The zero-order valence-electron chi connectivity index (χ0n) is 7.60. The highest BCUT2D eigenvalue weighted by Gasteiger charge is 2.36. The first-order valence-corrected chi connectivity index (χ1v) is 4.98. The van der Waals surface area contributed by atoms with Crippen molar-refractivity contribution in [3.8, 4) is 0 Å². The Morgan fingerprint density at radius 3 is 1.60 bits per heavy atom. The topological polar surface area (TPSA) is 61.1 Å². The fourth-order valence-electron chi connectivity index (χ4n) is 0.485. The maximum absolute atomic E-state index is 10.7. The molecule has 0 saturated carbocycles. The Labute approximate surface area is 84.7 Å². The number of rotatable bonds is 0. The zero-order valence-corrected chi connectivity index (χ0v) is 8.42. The number of aryl methyl sites for hydroxylation is 1. The molecular weight excluding hydrogens is 235 g/mol. The van der Waals surface area contributed by atoms with Crippen molar-refractivity contribution in [2.45, 2.75) is 5.51 Å². The summed E-state index contributed by atoms with van der Waals surface area (Å²) in [7, 11) is -4.09. The minimum Gasteiger partial charge on any atom is -0.741 e. The molecule has 0 aliphatic rings. The summed E-state index contributed by atoms with van der Waals surface area (Å²) in [6.45, 7) is 0. The van der Waals surface area contributed by atoms with Gasteiger partial charge in [-0.05, 0) is 0 Å². The summed E-state index contributed by atoms with van der Waals surface area (Å²) in [4.78, 5) is 0. The van der Waals surface area contributed by atoms with Crippen molar-refractivity contribution in [1.29, 1.82) is 0 Å². The molecule has 15 heavy (non-hydrogen) atoms. The molecular formula is C7H8F3NO3S. The van der Waals surface area contributed by atoms with E-state index >= 15 is 0 Å². The van der Waals surface area contributed by atoms with E-state index in [9.17, 15) is 13.2 Å². The molecule has 8 heteroatoms. The highest BCUT2D eigenvalue weighted by Crippen LogP contribution is 2.20. The highest BCUT2D eigenvalue weighted by molar-refractivity contribution is 7.86. The maximum atomic E-state index is 10.7. The average molecular weight is 243 g/mol. The Morgan fingerprint density at radius 2 is 1.47 bits per heavy atom. The Balaban J connectivity index is 0.000000262. The van der Waals surface area contributed by atoms with Crippen LogP contribution < -0.4 is 4.57 Å². The van der Waals surface area contributed by atoms with Crippen molar-refractivity contribution >= 4 is 10.1 Å². The number of pyridine rings is 1. The second-order valence-electron chi connectivity index (χ2n) is 2.44. The lowest BCUT2D eigenvalue weighted by atomic mass is 10.5. The van der Waals surface area contributed by atoms with Crippen LogP contribution in [0.25, 0.3) is 0 Å². The largest absolute Gasteiger partial charge is 0.741 e. The van der Waals surface area contributed by atoms with Crippen molar-refractivity contribution < 1.29 is 30.7 Å². The second-order valence-corrected chi connectivity index (χ2v) is 3.81. The Bertz CT molecular complexity index is 388. The molecule has 4 nitrogen and oxygen atoms in total. The third-order valence-electron chi connectivity index (χ3n) is 1.15. The quantitative estimate of drug-likeness (QED) is 0.380. The molecule has 0 aromatic carbocycles. The Kier molecular flexibility index (Phi) is 4.69. The Morgan fingerprint density at radius 1 is 1.13 bits per heavy atom. The van der Waals surface area contributed by atoms with Crippen molar-refractivity contribution in [2.75, 3.05) is 0 Å². The van der Waals surface area contributed by atoms with E-state index in [1.807, 2.05) is 42.2 Å². The minimum atomic E-state index is -6.09. The van der Waals surface area contributed by atoms with Crippen molar-refractivity contribution in [1.82, 2.24) is 0 Å². The van der Waals surface area contributed by atoms with Gasteiger partial charge in [0.2, 0.25) is 0 Å².